The summed E-state index contributed by atoms with van der Waals surface area (Å²) in [6, 6.07) is 0.776. The molecule has 0 amide bonds. The topological polar surface area (TPSA) is 42.7 Å². The lowest BCUT2D eigenvalue weighted by molar-refractivity contribution is 0.413. The highest BCUT2D eigenvalue weighted by molar-refractivity contribution is 7.09. The number of nitrogens with zero attached hydrogens (tertiary/aromatic N) is 3. The molecule has 0 radical (unpaired) electrons. The van der Waals surface area contributed by atoms with Gasteiger partial charge in [-0.15, -0.1) is 11.3 Å². The van der Waals surface area contributed by atoms with Crippen LogP contribution in [0.15, 0.2) is 11.7 Å². The number of fused-ring (bicyclic) bond motifs is 1. The normalized spacial score (nSPS) is 20.3. The van der Waals surface area contributed by atoms with Gasteiger partial charge in [-0.05, 0) is 33.1 Å². The molecule has 1 N–H and O–H groups in total. The SMILES string of the molecule is Cc1ncsc1C(C)NC1CCCc2c1cnn2C. The van der Waals surface area contributed by atoms with Crippen molar-refractivity contribution in [2.45, 2.75) is 45.2 Å². The molecule has 2 aromatic heterocycles. The predicted octanol–water partition coefficient (Wildman–Crippen LogP) is 2.91. The van der Waals surface area contributed by atoms with Crippen molar-refractivity contribution in [3.05, 3.63) is 33.5 Å². The Morgan fingerprint density at radius 1 is 1.53 bits per heavy atom. The lowest BCUT2D eigenvalue weighted by Crippen LogP contribution is -2.27. The van der Waals surface area contributed by atoms with Gasteiger partial charge in [0.05, 0.1) is 17.4 Å². The third kappa shape index (κ3) is 2.32. The van der Waals surface area contributed by atoms with Crippen LogP contribution in [0.25, 0.3) is 0 Å². The Kier molecular flexibility index (Phi) is 3.41. The molecule has 2 heterocycles. The van der Waals surface area contributed by atoms with Gasteiger partial charge < -0.3 is 5.32 Å². The number of rotatable bonds is 3. The second-order valence-corrected chi connectivity index (χ2v) is 6.19. The second-order valence-electron chi connectivity index (χ2n) is 5.31. The van der Waals surface area contributed by atoms with E-state index in [9.17, 15) is 0 Å². The summed E-state index contributed by atoms with van der Waals surface area (Å²) in [6.45, 7) is 4.31. The number of aryl methyl sites for hydroxylation is 2. The minimum absolute atomic E-state index is 0.351. The van der Waals surface area contributed by atoms with Crippen LogP contribution in [0.3, 0.4) is 0 Å². The first-order valence-electron chi connectivity index (χ1n) is 6.83. The molecule has 3 rings (SSSR count). The van der Waals surface area contributed by atoms with Crippen LogP contribution >= 0.6 is 11.3 Å². The highest BCUT2D eigenvalue weighted by Crippen LogP contribution is 2.32. The Labute approximate surface area is 117 Å². The van der Waals surface area contributed by atoms with Crippen LogP contribution in [0.4, 0.5) is 0 Å². The van der Waals surface area contributed by atoms with Crippen molar-refractivity contribution in [2.75, 3.05) is 0 Å². The van der Waals surface area contributed by atoms with Crippen molar-refractivity contribution in [3.8, 4) is 0 Å². The monoisotopic (exact) mass is 276 g/mol. The van der Waals surface area contributed by atoms with Crippen LogP contribution in [-0.2, 0) is 13.5 Å². The molecule has 1 aliphatic carbocycles. The zero-order valence-electron chi connectivity index (χ0n) is 11.7. The molecule has 2 atom stereocenters. The van der Waals surface area contributed by atoms with Crippen LogP contribution in [0, 0.1) is 6.92 Å². The Morgan fingerprint density at radius 3 is 3.11 bits per heavy atom. The summed E-state index contributed by atoms with van der Waals surface area (Å²) in [5.41, 5.74) is 5.84. The number of aromatic nitrogens is 3. The molecule has 0 bridgehead atoms. The molecule has 102 valence electrons. The Morgan fingerprint density at radius 2 is 2.37 bits per heavy atom. The van der Waals surface area contributed by atoms with Crippen molar-refractivity contribution in [1.29, 1.82) is 0 Å². The van der Waals surface area contributed by atoms with E-state index in [1.165, 1.54) is 29.0 Å². The number of thiazole rings is 1. The van der Waals surface area contributed by atoms with Gasteiger partial charge in [-0.2, -0.15) is 5.10 Å². The first-order valence-corrected chi connectivity index (χ1v) is 7.71. The van der Waals surface area contributed by atoms with E-state index in [-0.39, 0.29) is 0 Å². The van der Waals surface area contributed by atoms with E-state index >= 15 is 0 Å². The first kappa shape index (κ1) is 12.8. The predicted molar refractivity (Wildman–Crippen MR) is 77.3 cm³/mol. The number of nitrogens with one attached hydrogen (secondary N) is 1. The van der Waals surface area contributed by atoms with Gasteiger partial charge in [0.1, 0.15) is 0 Å². The van der Waals surface area contributed by atoms with Gasteiger partial charge in [-0.1, -0.05) is 0 Å². The molecule has 2 unspecified atom stereocenters. The zero-order valence-corrected chi connectivity index (χ0v) is 12.5. The molecular formula is C14H20N4S. The summed E-state index contributed by atoms with van der Waals surface area (Å²) in [7, 11) is 2.04. The molecule has 19 heavy (non-hydrogen) atoms. The minimum atomic E-state index is 0.351. The molecule has 0 aromatic carbocycles. The summed E-state index contributed by atoms with van der Waals surface area (Å²) in [4.78, 5) is 5.68. The first-order chi connectivity index (χ1) is 9.16. The molecule has 4 nitrogen and oxygen atoms in total. The van der Waals surface area contributed by atoms with Gasteiger partial charge in [-0.25, -0.2) is 4.98 Å². The maximum Gasteiger partial charge on any atom is 0.0798 e. The summed E-state index contributed by atoms with van der Waals surface area (Å²) in [5, 5.41) is 8.15. The van der Waals surface area contributed by atoms with Crippen molar-refractivity contribution < 1.29 is 0 Å². The molecule has 0 spiro atoms. The Balaban J connectivity index is 1.80. The van der Waals surface area contributed by atoms with E-state index in [0.29, 0.717) is 12.1 Å². The quantitative estimate of drug-likeness (QED) is 0.937. The van der Waals surface area contributed by atoms with E-state index in [4.69, 9.17) is 0 Å². The van der Waals surface area contributed by atoms with Crippen LogP contribution < -0.4 is 5.32 Å². The fourth-order valence-electron chi connectivity index (χ4n) is 2.98. The van der Waals surface area contributed by atoms with Crippen molar-refractivity contribution in [2.24, 2.45) is 7.05 Å². The van der Waals surface area contributed by atoms with Gasteiger partial charge in [0.2, 0.25) is 0 Å². The highest BCUT2D eigenvalue weighted by Gasteiger charge is 2.25. The van der Waals surface area contributed by atoms with Gasteiger partial charge in [0.15, 0.2) is 0 Å². The summed E-state index contributed by atoms with van der Waals surface area (Å²) in [6.07, 6.45) is 5.61. The van der Waals surface area contributed by atoms with E-state index in [0.717, 1.165) is 12.1 Å². The largest absolute Gasteiger partial charge is 0.302 e. The second kappa shape index (κ2) is 5.06. The molecule has 0 aliphatic heterocycles. The third-order valence-corrected chi connectivity index (χ3v) is 5.12. The van der Waals surface area contributed by atoms with Crippen LogP contribution in [0.5, 0.6) is 0 Å². The summed E-state index contributed by atoms with van der Waals surface area (Å²) >= 11 is 1.74. The molecular weight excluding hydrogens is 256 g/mol. The van der Waals surface area contributed by atoms with Crippen LogP contribution in [0.2, 0.25) is 0 Å². The van der Waals surface area contributed by atoms with E-state index in [2.05, 4.69) is 29.2 Å². The van der Waals surface area contributed by atoms with E-state index < -0.39 is 0 Å². The van der Waals surface area contributed by atoms with Crippen LogP contribution in [0.1, 0.15) is 53.7 Å². The minimum Gasteiger partial charge on any atom is -0.302 e. The summed E-state index contributed by atoms with van der Waals surface area (Å²) < 4.78 is 2.02. The highest BCUT2D eigenvalue weighted by atomic mass is 32.1. The molecule has 1 aliphatic rings. The van der Waals surface area contributed by atoms with E-state index in [1.54, 1.807) is 11.3 Å². The molecule has 5 heteroatoms. The van der Waals surface area contributed by atoms with Crippen LogP contribution in [-0.4, -0.2) is 14.8 Å². The molecule has 0 fully saturated rings. The van der Waals surface area contributed by atoms with Crippen molar-refractivity contribution in [1.82, 2.24) is 20.1 Å². The maximum atomic E-state index is 4.40. The standard InChI is InChI=1S/C14H20N4S/c1-9-14(19-8-15-9)10(2)17-12-5-4-6-13-11(12)7-16-18(13)3/h7-8,10,12,17H,4-6H2,1-3H3. The smallest absolute Gasteiger partial charge is 0.0798 e. The molecule has 2 aromatic rings. The molecule has 0 saturated heterocycles. The number of hydrogen-bond acceptors (Lipinski definition) is 4. The van der Waals surface area contributed by atoms with Gasteiger partial charge in [-0.3, -0.25) is 4.68 Å². The lowest BCUT2D eigenvalue weighted by atomic mass is 9.92. The maximum absolute atomic E-state index is 4.40. The average molecular weight is 276 g/mol. The van der Waals surface area contributed by atoms with Gasteiger partial charge in [0, 0.05) is 35.3 Å². The van der Waals surface area contributed by atoms with Crippen molar-refractivity contribution >= 4 is 11.3 Å². The zero-order chi connectivity index (χ0) is 13.4. The number of hydrogen-bond donors (Lipinski definition) is 1. The van der Waals surface area contributed by atoms with Gasteiger partial charge in [0.25, 0.3) is 0 Å². The fourth-order valence-corrected chi connectivity index (χ4v) is 3.80. The third-order valence-electron chi connectivity index (χ3n) is 4.00. The van der Waals surface area contributed by atoms with Gasteiger partial charge >= 0.3 is 0 Å². The summed E-state index contributed by atoms with van der Waals surface area (Å²) in [5.74, 6) is 0. The van der Waals surface area contributed by atoms with Crippen molar-refractivity contribution in [3.63, 3.8) is 0 Å². The lowest BCUT2D eigenvalue weighted by Gasteiger charge is -2.27. The van der Waals surface area contributed by atoms with E-state index in [1.807, 2.05) is 23.4 Å². The Bertz CT molecular complexity index is 572. The average Bonchev–Trinajstić information content (AvgIpc) is 2.97. The molecule has 0 saturated carbocycles. The fraction of sp³-hybridized carbons (Fsp3) is 0.571. The Hall–Kier alpha value is -1.20.